The molecular formula is C24H29NO3. The minimum absolute atomic E-state index is 0.112. The molecule has 2 N–H and O–H groups in total. The van der Waals surface area contributed by atoms with Gasteiger partial charge in [0.2, 0.25) is 0 Å². The molecule has 1 saturated heterocycles. The molecule has 1 aliphatic heterocycles. The third-order valence-corrected chi connectivity index (χ3v) is 6.44. The Bertz CT molecular complexity index is 824. The number of benzene rings is 2. The molecule has 0 aromatic heterocycles. The lowest BCUT2D eigenvalue weighted by Crippen LogP contribution is -2.31. The van der Waals surface area contributed by atoms with E-state index in [0.717, 1.165) is 37.1 Å². The highest BCUT2D eigenvalue weighted by atomic mass is 16.3. The van der Waals surface area contributed by atoms with Crippen molar-refractivity contribution in [3.05, 3.63) is 71.3 Å². The van der Waals surface area contributed by atoms with Crippen molar-refractivity contribution in [1.82, 2.24) is 4.90 Å². The van der Waals surface area contributed by atoms with Gasteiger partial charge in [-0.25, -0.2) is 0 Å². The van der Waals surface area contributed by atoms with Crippen LogP contribution >= 0.6 is 0 Å². The van der Waals surface area contributed by atoms with Crippen LogP contribution in [0.2, 0.25) is 0 Å². The summed E-state index contributed by atoms with van der Waals surface area (Å²) in [5, 5.41) is 21.2. The third kappa shape index (κ3) is 3.77. The number of Topliss-reactive ketones (excluding diaryl/α,β-unsaturated/α-hetero) is 1. The molecule has 2 aromatic rings. The van der Waals surface area contributed by atoms with Crippen LogP contribution < -0.4 is 0 Å². The number of hydrogen-bond donors (Lipinski definition) is 2. The molecule has 2 aromatic carbocycles. The van der Waals surface area contributed by atoms with Crippen LogP contribution in [0.5, 0.6) is 0 Å². The maximum absolute atomic E-state index is 12.7. The number of aliphatic hydroxyl groups is 2. The molecule has 0 amide bonds. The molecule has 1 saturated carbocycles. The van der Waals surface area contributed by atoms with Crippen LogP contribution in [0.3, 0.4) is 0 Å². The zero-order valence-corrected chi connectivity index (χ0v) is 16.6. The third-order valence-electron chi connectivity index (χ3n) is 6.44. The van der Waals surface area contributed by atoms with Crippen LogP contribution in [-0.4, -0.2) is 40.5 Å². The van der Waals surface area contributed by atoms with E-state index in [9.17, 15) is 15.0 Å². The van der Waals surface area contributed by atoms with Gasteiger partial charge in [0.05, 0.1) is 17.7 Å². The van der Waals surface area contributed by atoms with E-state index in [1.54, 1.807) is 26.0 Å². The Kier molecular flexibility index (Phi) is 4.90. The van der Waals surface area contributed by atoms with Crippen LogP contribution in [0.1, 0.15) is 48.2 Å². The number of carbonyl (C=O) groups is 1. The summed E-state index contributed by atoms with van der Waals surface area (Å²) in [5.41, 5.74) is 0.882. The van der Waals surface area contributed by atoms with E-state index in [-0.39, 0.29) is 5.78 Å². The second kappa shape index (κ2) is 7.11. The van der Waals surface area contributed by atoms with Gasteiger partial charge in [0.15, 0.2) is 5.78 Å². The van der Waals surface area contributed by atoms with Crippen molar-refractivity contribution >= 4 is 5.78 Å². The van der Waals surface area contributed by atoms with Gasteiger partial charge in [-0.05, 0) is 49.7 Å². The minimum Gasteiger partial charge on any atom is -0.386 e. The number of rotatable bonds is 5. The molecule has 2 fully saturated rings. The van der Waals surface area contributed by atoms with Crippen LogP contribution in [0.15, 0.2) is 54.6 Å². The molecule has 4 nitrogen and oxygen atoms in total. The fraction of sp³-hybridized carbons (Fsp3) is 0.458. The maximum atomic E-state index is 12.7. The van der Waals surface area contributed by atoms with Gasteiger partial charge < -0.3 is 10.2 Å². The molecule has 1 unspecified atom stereocenters. The van der Waals surface area contributed by atoms with E-state index >= 15 is 0 Å². The van der Waals surface area contributed by atoms with Gasteiger partial charge in [-0.2, -0.15) is 0 Å². The Morgan fingerprint density at radius 2 is 1.61 bits per heavy atom. The predicted octanol–water partition coefficient (Wildman–Crippen LogP) is 3.33. The molecule has 1 heterocycles. The highest BCUT2D eigenvalue weighted by molar-refractivity contribution is 5.97. The van der Waals surface area contributed by atoms with Crippen molar-refractivity contribution in [2.24, 2.45) is 11.8 Å². The lowest BCUT2D eigenvalue weighted by atomic mass is 9.90. The molecule has 148 valence electrons. The van der Waals surface area contributed by atoms with Gasteiger partial charge in [0, 0.05) is 18.7 Å². The second-order valence-electron chi connectivity index (χ2n) is 9.08. The summed E-state index contributed by atoms with van der Waals surface area (Å²) < 4.78 is 0. The Balaban J connectivity index is 1.36. The standard InChI is InChI=1S/C24H29NO3/c1-23(2,27)20-10-8-17(9-11-20)22(26)16-25-14-18-12-24(28,13-19(18)15-25)21-6-4-3-5-7-21/h3-11,18-19,27-28H,12-16H2,1-2H3/t18-,19+,24?. The van der Waals surface area contributed by atoms with E-state index in [4.69, 9.17) is 0 Å². The summed E-state index contributed by atoms with van der Waals surface area (Å²) in [4.78, 5) is 14.9. The Morgan fingerprint density at radius 3 is 2.14 bits per heavy atom. The number of nitrogens with zero attached hydrogens (tertiary/aromatic N) is 1. The topological polar surface area (TPSA) is 60.8 Å². The van der Waals surface area contributed by atoms with E-state index in [0.29, 0.717) is 23.9 Å². The van der Waals surface area contributed by atoms with Crippen LogP contribution in [0, 0.1) is 11.8 Å². The van der Waals surface area contributed by atoms with Gasteiger partial charge >= 0.3 is 0 Å². The molecule has 2 aliphatic rings. The zero-order valence-electron chi connectivity index (χ0n) is 16.6. The first-order valence-corrected chi connectivity index (χ1v) is 10.1. The molecule has 0 spiro atoms. The number of ketones is 1. The lowest BCUT2D eigenvalue weighted by Gasteiger charge is -2.26. The average Bonchev–Trinajstić information content (AvgIpc) is 3.16. The number of likely N-dealkylation sites (tertiary alicyclic amines) is 1. The van der Waals surface area contributed by atoms with Crippen molar-refractivity contribution in [2.75, 3.05) is 19.6 Å². The first-order chi connectivity index (χ1) is 13.2. The van der Waals surface area contributed by atoms with Gasteiger partial charge in [-0.3, -0.25) is 9.69 Å². The lowest BCUT2D eigenvalue weighted by molar-refractivity contribution is 0.0315. The minimum atomic E-state index is -0.899. The number of hydrogen-bond acceptors (Lipinski definition) is 4. The SMILES string of the molecule is CC(C)(O)c1ccc(C(=O)CN2C[C@@H]3CC(O)(c4ccccc4)C[C@@H]3C2)cc1. The van der Waals surface area contributed by atoms with E-state index in [1.807, 2.05) is 42.5 Å². The van der Waals surface area contributed by atoms with Crippen molar-refractivity contribution < 1.29 is 15.0 Å². The average molecular weight is 380 g/mol. The summed E-state index contributed by atoms with van der Waals surface area (Å²) >= 11 is 0. The molecular weight excluding hydrogens is 350 g/mol. The van der Waals surface area contributed by atoms with Crippen LogP contribution in [0.4, 0.5) is 0 Å². The fourth-order valence-electron chi connectivity index (χ4n) is 4.92. The highest BCUT2D eigenvalue weighted by Crippen LogP contribution is 2.48. The van der Waals surface area contributed by atoms with Gasteiger partial charge in [-0.15, -0.1) is 0 Å². The summed E-state index contributed by atoms with van der Waals surface area (Å²) in [7, 11) is 0. The molecule has 28 heavy (non-hydrogen) atoms. The predicted molar refractivity (Wildman–Crippen MR) is 109 cm³/mol. The van der Waals surface area contributed by atoms with Gasteiger partial charge in [-0.1, -0.05) is 54.6 Å². The molecule has 0 radical (unpaired) electrons. The van der Waals surface area contributed by atoms with E-state index in [1.165, 1.54) is 0 Å². The molecule has 4 heteroatoms. The molecule has 0 bridgehead atoms. The fourth-order valence-corrected chi connectivity index (χ4v) is 4.92. The summed E-state index contributed by atoms with van der Waals surface area (Å²) in [6.07, 6.45) is 1.54. The summed E-state index contributed by atoms with van der Waals surface area (Å²) in [5.74, 6) is 0.992. The van der Waals surface area contributed by atoms with Crippen molar-refractivity contribution in [2.45, 2.75) is 37.9 Å². The van der Waals surface area contributed by atoms with Crippen molar-refractivity contribution in [3.8, 4) is 0 Å². The van der Waals surface area contributed by atoms with E-state index < -0.39 is 11.2 Å². The maximum Gasteiger partial charge on any atom is 0.176 e. The zero-order chi connectivity index (χ0) is 19.9. The summed E-state index contributed by atoms with van der Waals surface area (Å²) in [6.45, 7) is 5.63. The number of carbonyl (C=O) groups excluding carboxylic acids is 1. The second-order valence-corrected chi connectivity index (χ2v) is 9.08. The van der Waals surface area contributed by atoms with Crippen molar-refractivity contribution in [1.29, 1.82) is 0 Å². The Hall–Kier alpha value is -2.01. The summed E-state index contributed by atoms with van der Waals surface area (Å²) in [6, 6.07) is 17.2. The van der Waals surface area contributed by atoms with E-state index in [2.05, 4.69) is 4.90 Å². The Labute approximate surface area is 166 Å². The smallest absolute Gasteiger partial charge is 0.176 e. The normalized spacial score (nSPS) is 27.7. The quantitative estimate of drug-likeness (QED) is 0.783. The van der Waals surface area contributed by atoms with Crippen molar-refractivity contribution in [3.63, 3.8) is 0 Å². The first-order valence-electron chi connectivity index (χ1n) is 10.1. The van der Waals surface area contributed by atoms with Crippen LogP contribution in [-0.2, 0) is 11.2 Å². The monoisotopic (exact) mass is 379 g/mol. The molecule has 4 rings (SSSR count). The van der Waals surface area contributed by atoms with Gasteiger partial charge in [0.25, 0.3) is 0 Å². The largest absolute Gasteiger partial charge is 0.386 e. The molecule has 1 aliphatic carbocycles. The van der Waals surface area contributed by atoms with Gasteiger partial charge in [0.1, 0.15) is 0 Å². The first kappa shape index (κ1) is 19.3. The highest BCUT2D eigenvalue weighted by Gasteiger charge is 2.49. The molecule has 3 atom stereocenters. The number of fused-ring (bicyclic) bond motifs is 1. The Morgan fingerprint density at radius 1 is 1.04 bits per heavy atom. The van der Waals surface area contributed by atoms with Crippen LogP contribution in [0.25, 0.3) is 0 Å².